The maximum atomic E-state index is 13.9. The van der Waals surface area contributed by atoms with Gasteiger partial charge < -0.3 is 30.7 Å². The van der Waals surface area contributed by atoms with Gasteiger partial charge in [-0.25, -0.2) is 4.79 Å². The second-order valence-electron chi connectivity index (χ2n) is 11.3. The van der Waals surface area contributed by atoms with Crippen LogP contribution in [-0.2, 0) is 30.3 Å². The summed E-state index contributed by atoms with van der Waals surface area (Å²) in [5.74, 6) is -2.88. The topological polar surface area (TPSA) is 154 Å². The predicted molar refractivity (Wildman–Crippen MR) is 173 cm³/mol. The minimum Gasteiger partial charge on any atom is -0.481 e. The molecule has 244 valence electrons. The zero-order valence-corrected chi connectivity index (χ0v) is 27.1. The molecule has 1 unspecified atom stereocenters. The monoisotopic (exact) mass is 660 g/mol. The van der Waals surface area contributed by atoms with Crippen molar-refractivity contribution >= 4 is 54.0 Å². The van der Waals surface area contributed by atoms with E-state index >= 15 is 0 Å². The van der Waals surface area contributed by atoms with Crippen molar-refractivity contribution in [2.75, 3.05) is 25.4 Å². The van der Waals surface area contributed by atoms with Crippen LogP contribution in [0.4, 0.5) is 4.79 Å². The van der Waals surface area contributed by atoms with Gasteiger partial charge in [0.05, 0.1) is 6.61 Å². The van der Waals surface area contributed by atoms with E-state index in [2.05, 4.69) is 28.6 Å². The van der Waals surface area contributed by atoms with Gasteiger partial charge in [-0.3, -0.25) is 19.2 Å². The summed E-state index contributed by atoms with van der Waals surface area (Å²) < 4.78 is 5.17. The minimum atomic E-state index is -1.24. The highest BCUT2D eigenvalue weighted by atomic mass is 35.5. The second kappa shape index (κ2) is 17.6. The molecular weight excluding hydrogens is 620 g/mol. The lowest BCUT2D eigenvalue weighted by molar-refractivity contribution is -0.141. The lowest BCUT2D eigenvalue weighted by Gasteiger charge is -2.29. The van der Waals surface area contributed by atoms with Crippen molar-refractivity contribution < 1.29 is 33.8 Å². The van der Waals surface area contributed by atoms with E-state index in [9.17, 15) is 29.1 Å². The zero-order chi connectivity index (χ0) is 32.9. The van der Waals surface area contributed by atoms with Crippen molar-refractivity contribution in [2.24, 2.45) is 5.92 Å². The molecule has 1 aliphatic rings. The van der Waals surface area contributed by atoms with Crippen LogP contribution in [0.2, 0.25) is 5.02 Å². The Morgan fingerprint density at radius 3 is 2.36 bits per heavy atom. The normalized spacial score (nSPS) is 17.3. The van der Waals surface area contributed by atoms with Crippen LogP contribution in [0.5, 0.6) is 0 Å². The van der Waals surface area contributed by atoms with Crippen molar-refractivity contribution in [3.63, 3.8) is 0 Å². The number of carboxylic acids is 1. The van der Waals surface area contributed by atoms with Crippen molar-refractivity contribution in [3.05, 3.63) is 70.7 Å². The standard InChI is InChI=1S/C32H41ClN4O7S/c1-20(2)18-44-32(43)36-25(12-13-28(38)39)31(42)37-17-23(21-8-4-3-5-9-21)16-27(37)30(41)35-26(19-45)29(40)34-15-14-22-10-6-7-11-24(22)33/h3-11,20,23,25-27,45H,12-19H2,1-2H3,(H,34,40)(H,35,41)(H,36,43)(H,38,39)/t23-,25+,26+,27?/m1/s1. The molecule has 45 heavy (non-hydrogen) atoms. The Morgan fingerprint density at radius 1 is 1.02 bits per heavy atom. The number of rotatable bonds is 15. The fourth-order valence-corrected chi connectivity index (χ4v) is 5.54. The molecule has 2 aromatic rings. The van der Waals surface area contributed by atoms with Crippen LogP contribution in [0.1, 0.15) is 50.2 Å². The maximum absolute atomic E-state index is 13.9. The molecule has 2 aromatic carbocycles. The minimum absolute atomic E-state index is 0.0108. The fraction of sp³-hybridized carbons (Fsp3) is 0.469. The third kappa shape index (κ3) is 11.0. The molecule has 11 nitrogen and oxygen atoms in total. The van der Waals surface area contributed by atoms with Gasteiger partial charge in [0.1, 0.15) is 18.1 Å². The van der Waals surface area contributed by atoms with Crippen molar-refractivity contribution in [1.29, 1.82) is 0 Å². The van der Waals surface area contributed by atoms with Crippen LogP contribution in [0.3, 0.4) is 0 Å². The number of carboxylic acid groups (broad SMARTS) is 1. The molecule has 0 aliphatic carbocycles. The molecular formula is C32H41ClN4O7S. The zero-order valence-electron chi connectivity index (χ0n) is 25.4. The van der Waals surface area contributed by atoms with Gasteiger partial charge in [-0.1, -0.05) is 74.0 Å². The van der Waals surface area contributed by atoms with Gasteiger partial charge in [0.25, 0.3) is 0 Å². The number of carbonyl (C=O) groups is 5. The molecule has 4 amide bonds. The molecule has 0 saturated carbocycles. The largest absolute Gasteiger partial charge is 0.481 e. The van der Waals surface area contributed by atoms with Crippen molar-refractivity contribution in [1.82, 2.24) is 20.9 Å². The summed E-state index contributed by atoms with van der Waals surface area (Å²) in [4.78, 5) is 65.8. The van der Waals surface area contributed by atoms with Gasteiger partial charge in [0.2, 0.25) is 17.7 Å². The molecule has 0 spiro atoms. The number of benzene rings is 2. The number of aliphatic carboxylic acids is 1. The number of hydrogen-bond acceptors (Lipinski definition) is 7. The van der Waals surface area contributed by atoms with Gasteiger partial charge in [0, 0.05) is 36.2 Å². The Hall–Kier alpha value is -3.77. The Balaban J connectivity index is 1.76. The number of nitrogens with zero attached hydrogens (tertiary/aromatic N) is 1. The van der Waals surface area contributed by atoms with Crippen LogP contribution in [-0.4, -0.2) is 83.4 Å². The Bertz CT molecular complexity index is 1330. The number of ether oxygens (including phenoxy) is 1. The number of thiol groups is 1. The van der Waals surface area contributed by atoms with Crippen LogP contribution >= 0.6 is 24.2 Å². The molecule has 4 atom stereocenters. The van der Waals surface area contributed by atoms with E-state index in [1.165, 1.54) is 4.90 Å². The van der Waals surface area contributed by atoms with E-state index in [1.54, 1.807) is 6.07 Å². The molecule has 3 rings (SSSR count). The van der Waals surface area contributed by atoms with Gasteiger partial charge in [-0.15, -0.1) is 0 Å². The predicted octanol–water partition coefficient (Wildman–Crippen LogP) is 3.41. The lowest BCUT2D eigenvalue weighted by Crippen LogP contribution is -2.56. The van der Waals surface area contributed by atoms with E-state index in [4.69, 9.17) is 16.3 Å². The SMILES string of the molecule is CC(C)COC(=O)N[C@@H](CCC(=O)O)C(=O)N1C[C@H](c2ccccc2)CC1C(=O)N[C@@H](CS)C(=O)NCCc1ccccc1Cl. The second-order valence-corrected chi connectivity index (χ2v) is 12.1. The first-order chi connectivity index (χ1) is 21.5. The quantitative estimate of drug-likeness (QED) is 0.184. The third-order valence-corrected chi connectivity index (χ3v) is 8.14. The third-order valence-electron chi connectivity index (χ3n) is 7.41. The summed E-state index contributed by atoms with van der Waals surface area (Å²) in [7, 11) is 0. The Morgan fingerprint density at radius 2 is 1.71 bits per heavy atom. The number of halogens is 1. The average molecular weight is 661 g/mol. The summed E-state index contributed by atoms with van der Waals surface area (Å²) in [6, 6.07) is 13.5. The van der Waals surface area contributed by atoms with Gasteiger partial charge >= 0.3 is 12.1 Å². The fourth-order valence-electron chi connectivity index (χ4n) is 5.05. The molecule has 4 N–H and O–H groups in total. The van der Waals surface area contributed by atoms with E-state index in [0.717, 1.165) is 11.1 Å². The Kier molecular flexibility index (Phi) is 14.0. The molecule has 0 bridgehead atoms. The first kappa shape index (κ1) is 35.7. The summed E-state index contributed by atoms with van der Waals surface area (Å²) in [6.07, 6.45) is -0.677. The highest BCUT2D eigenvalue weighted by molar-refractivity contribution is 7.80. The summed E-state index contributed by atoms with van der Waals surface area (Å²) in [6.45, 7) is 4.27. The number of amides is 4. The van der Waals surface area contributed by atoms with E-state index in [0.29, 0.717) is 11.4 Å². The average Bonchev–Trinajstić information content (AvgIpc) is 3.47. The van der Waals surface area contributed by atoms with Crippen LogP contribution in [0, 0.1) is 5.92 Å². The van der Waals surface area contributed by atoms with E-state index in [-0.39, 0.29) is 56.5 Å². The Labute approximate surface area is 273 Å². The van der Waals surface area contributed by atoms with Gasteiger partial charge in [-0.05, 0) is 42.4 Å². The summed E-state index contributed by atoms with van der Waals surface area (Å²) in [5, 5.41) is 17.9. The molecule has 1 aliphatic heterocycles. The summed E-state index contributed by atoms with van der Waals surface area (Å²) >= 11 is 10.5. The molecule has 0 radical (unpaired) electrons. The summed E-state index contributed by atoms with van der Waals surface area (Å²) in [5.41, 5.74) is 1.79. The number of likely N-dealkylation sites (tertiary alicyclic amines) is 1. The van der Waals surface area contributed by atoms with E-state index < -0.39 is 47.9 Å². The number of carbonyl (C=O) groups excluding carboxylic acids is 4. The molecule has 1 saturated heterocycles. The molecule has 1 fully saturated rings. The van der Waals surface area contributed by atoms with Gasteiger partial charge in [-0.2, -0.15) is 12.6 Å². The first-order valence-electron chi connectivity index (χ1n) is 14.9. The van der Waals surface area contributed by atoms with Crippen LogP contribution in [0.25, 0.3) is 0 Å². The molecule has 13 heteroatoms. The highest BCUT2D eigenvalue weighted by Gasteiger charge is 2.43. The first-order valence-corrected chi connectivity index (χ1v) is 15.9. The number of alkyl carbamates (subject to hydrolysis) is 1. The smallest absolute Gasteiger partial charge is 0.407 e. The van der Waals surface area contributed by atoms with Gasteiger partial charge in [0.15, 0.2) is 0 Å². The number of nitrogens with one attached hydrogen (secondary N) is 3. The van der Waals surface area contributed by atoms with Crippen molar-refractivity contribution in [3.8, 4) is 0 Å². The van der Waals surface area contributed by atoms with Crippen LogP contribution < -0.4 is 16.0 Å². The number of hydrogen-bond donors (Lipinski definition) is 5. The van der Waals surface area contributed by atoms with Crippen LogP contribution in [0.15, 0.2) is 54.6 Å². The lowest BCUT2D eigenvalue weighted by atomic mass is 9.96. The highest BCUT2D eigenvalue weighted by Crippen LogP contribution is 2.33. The maximum Gasteiger partial charge on any atom is 0.407 e. The molecule has 1 heterocycles. The van der Waals surface area contributed by atoms with E-state index in [1.807, 2.05) is 62.4 Å². The van der Waals surface area contributed by atoms with Crippen molar-refractivity contribution in [2.45, 2.75) is 63.6 Å². The molecule has 0 aromatic heterocycles.